The van der Waals surface area contributed by atoms with Crippen molar-refractivity contribution in [3.8, 4) is 0 Å². The summed E-state index contributed by atoms with van der Waals surface area (Å²) < 4.78 is 10.8. The monoisotopic (exact) mass is 366 g/mol. The average molecular weight is 367 g/mol. The molecule has 2 aromatic rings. The minimum absolute atomic E-state index is 0.0478. The van der Waals surface area contributed by atoms with E-state index in [0.29, 0.717) is 16.5 Å². The second-order valence-corrected chi connectivity index (χ2v) is 5.92. The van der Waals surface area contributed by atoms with Crippen molar-refractivity contribution >= 4 is 38.5 Å². The lowest BCUT2D eigenvalue weighted by Gasteiger charge is -2.38. The summed E-state index contributed by atoms with van der Waals surface area (Å²) in [5, 5.41) is 11.9. The zero-order valence-electron chi connectivity index (χ0n) is 11.5. The van der Waals surface area contributed by atoms with E-state index in [1.165, 1.54) is 13.3 Å². The fraction of sp³-hybridized carbons (Fsp3) is 0.286. The Morgan fingerprint density at radius 1 is 1.50 bits per heavy atom. The third kappa shape index (κ3) is 2.06. The van der Waals surface area contributed by atoms with Crippen LogP contribution in [0.4, 0.5) is 5.69 Å². The van der Waals surface area contributed by atoms with Gasteiger partial charge in [-0.05, 0) is 18.2 Å². The minimum atomic E-state index is -1.17. The molecule has 0 unspecified atom stereocenters. The molecule has 1 fully saturated rings. The summed E-state index contributed by atoms with van der Waals surface area (Å²) in [5.41, 5.74) is -0.515. The molecule has 0 bridgehead atoms. The van der Waals surface area contributed by atoms with Gasteiger partial charge in [0.05, 0.1) is 36.3 Å². The van der Waals surface area contributed by atoms with E-state index in [4.69, 9.17) is 9.47 Å². The molecule has 3 rings (SSSR count). The first kappa shape index (κ1) is 14.9. The zero-order valence-corrected chi connectivity index (χ0v) is 13.1. The number of methoxy groups -OCH3 is 1. The lowest BCUT2D eigenvalue weighted by atomic mass is 9.76. The van der Waals surface area contributed by atoms with Gasteiger partial charge in [0.1, 0.15) is 11.6 Å². The van der Waals surface area contributed by atoms with Gasteiger partial charge in [0.15, 0.2) is 0 Å². The fourth-order valence-electron chi connectivity index (χ4n) is 2.66. The standard InChI is InChI=1S/C14H11BrN2O5/c1-21-13(18)14(6-22-7-14)12-9-4-8(15)2-3-10(9)16-5-11(12)17(19)20/h2-5H,6-7H2,1H3. The summed E-state index contributed by atoms with van der Waals surface area (Å²) in [4.78, 5) is 27.2. The normalized spacial score (nSPS) is 16.1. The first-order chi connectivity index (χ1) is 10.5. The number of fused-ring (bicyclic) bond motifs is 1. The lowest BCUT2D eigenvalue weighted by molar-refractivity contribution is -0.386. The number of carbonyl (C=O) groups is 1. The SMILES string of the molecule is COC(=O)C1(c2c([N+](=O)[O-])cnc3ccc(Br)cc23)COC1. The van der Waals surface area contributed by atoms with Gasteiger partial charge in [-0.25, -0.2) is 4.98 Å². The van der Waals surface area contributed by atoms with Gasteiger partial charge in [-0.2, -0.15) is 0 Å². The number of hydrogen-bond acceptors (Lipinski definition) is 6. The summed E-state index contributed by atoms with van der Waals surface area (Å²) in [6.07, 6.45) is 1.18. The highest BCUT2D eigenvalue weighted by atomic mass is 79.9. The van der Waals surface area contributed by atoms with E-state index in [0.717, 1.165) is 4.47 Å². The van der Waals surface area contributed by atoms with Gasteiger partial charge in [0, 0.05) is 9.86 Å². The van der Waals surface area contributed by atoms with Crippen LogP contribution in [-0.2, 0) is 19.7 Å². The highest BCUT2D eigenvalue weighted by Crippen LogP contribution is 2.43. The molecule has 1 saturated heterocycles. The van der Waals surface area contributed by atoms with Crippen LogP contribution in [0.3, 0.4) is 0 Å². The Labute approximate surface area is 133 Å². The van der Waals surface area contributed by atoms with E-state index < -0.39 is 16.3 Å². The van der Waals surface area contributed by atoms with Gasteiger partial charge >= 0.3 is 5.97 Å². The molecule has 114 valence electrons. The Morgan fingerprint density at radius 2 is 2.23 bits per heavy atom. The van der Waals surface area contributed by atoms with Crippen molar-refractivity contribution in [2.75, 3.05) is 20.3 Å². The first-order valence-corrected chi connectivity index (χ1v) is 7.18. The van der Waals surface area contributed by atoms with E-state index in [1.807, 2.05) is 0 Å². The van der Waals surface area contributed by atoms with Crippen LogP contribution in [0, 0.1) is 10.1 Å². The molecule has 0 spiro atoms. The number of aromatic nitrogens is 1. The molecule has 1 aliphatic heterocycles. The third-order valence-corrected chi connectivity index (χ3v) is 4.25. The molecule has 8 heteroatoms. The third-order valence-electron chi connectivity index (χ3n) is 3.76. The number of benzene rings is 1. The number of nitrogens with zero attached hydrogens (tertiary/aromatic N) is 2. The molecular weight excluding hydrogens is 356 g/mol. The van der Waals surface area contributed by atoms with Crippen LogP contribution < -0.4 is 0 Å². The molecule has 0 saturated carbocycles. The average Bonchev–Trinajstić information content (AvgIpc) is 2.45. The Bertz CT molecular complexity index is 788. The van der Waals surface area contributed by atoms with Crippen molar-refractivity contribution in [1.82, 2.24) is 4.98 Å². The van der Waals surface area contributed by atoms with Crippen molar-refractivity contribution in [3.63, 3.8) is 0 Å². The number of ether oxygens (including phenoxy) is 2. The van der Waals surface area contributed by atoms with E-state index in [-0.39, 0.29) is 18.9 Å². The van der Waals surface area contributed by atoms with Gasteiger partial charge in [0.25, 0.3) is 5.69 Å². The molecule has 0 atom stereocenters. The second-order valence-electron chi connectivity index (χ2n) is 5.00. The molecular formula is C14H11BrN2O5. The maximum Gasteiger partial charge on any atom is 0.321 e. The number of nitro groups is 1. The van der Waals surface area contributed by atoms with Crippen molar-refractivity contribution in [1.29, 1.82) is 0 Å². The summed E-state index contributed by atoms with van der Waals surface area (Å²) in [7, 11) is 1.26. The molecule has 22 heavy (non-hydrogen) atoms. The quantitative estimate of drug-likeness (QED) is 0.470. The van der Waals surface area contributed by atoms with Crippen LogP contribution >= 0.6 is 15.9 Å². The summed E-state index contributed by atoms with van der Waals surface area (Å²) in [6, 6.07) is 5.23. The van der Waals surface area contributed by atoms with Crippen LogP contribution in [0.25, 0.3) is 10.9 Å². The van der Waals surface area contributed by atoms with Gasteiger partial charge in [-0.1, -0.05) is 15.9 Å². The molecule has 1 aromatic heterocycles. The number of rotatable bonds is 3. The second kappa shape index (κ2) is 5.29. The van der Waals surface area contributed by atoms with Crippen LogP contribution in [-0.4, -0.2) is 36.2 Å². The Hall–Kier alpha value is -2.06. The van der Waals surface area contributed by atoms with Crippen LogP contribution in [0.2, 0.25) is 0 Å². The van der Waals surface area contributed by atoms with Gasteiger partial charge < -0.3 is 9.47 Å². The first-order valence-electron chi connectivity index (χ1n) is 6.39. The molecule has 1 aromatic carbocycles. The Kier molecular flexibility index (Phi) is 3.57. The van der Waals surface area contributed by atoms with Gasteiger partial charge in [0.2, 0.25) is 0 Å². The summed E-state index contributed by atoms with van der Waals surface area (Å²) in [5.74, 6) is -0.547. The van der Waals surface area contributed by atoms with Crippen LogP contribution in [0.1, 0.15) is 5.56 Å². The minimum Gasteiger partial charge on any atom is -0.468 e. The predicted octanol–water partition coefficient (Wildman–Crippen LogP) is 2.35. The van der Waals surface area contributed by atoms with E-state index in [9.17, 15) is 14.9 Å². The molecule has 1 aliphatic rings. The van der Waals surface area contributed by atoms with Crippen LogP contribution in [0.5, 0.6) is 0 Å². The van der Waals surface area contributed by atoms with Crippen molar-refractivity contribution in [3.05, 3.63) is 44.5 Å². The number of carbonyl (C=O) groups excluding carboxylic acids is 1. The highest BCUT2D eigenvalue weighted by molar-refractivity contribution is 9.10. The zero-order chi connectivity index (χ0) is 15.9. The smallest absolute Gasteiger partial charge is 0.321 e. The highest BCUT2D eigenvalue weighted by Gasteiger charge is 2.53. The maximum atomic E-state index is 12.3. The largest absolute Gasteiger partial charge is 0.468 e. The molecule has 0 amide bonds. The molecule has 0 aliphatic carbocycles. The number of pyridine rings is 1. The topological polar surface area (TPSA) is 91.6 Å². The van der Waals surface area contributed by atoms with E-state index in [1.54, 1.807) is 18.2 Å². The summed E-state index contributed by atoms with van der Waals surface area (Å²) >= 11 is 3.34. The number of halogens is 1. The van der Waals surface area contributed by atoms with Crippen molar-refractivity contribution in [2.24, 2.45) is 0 Å². The van der Waals surface area contributed by atoms with Crippen LogP contribution in [0.15, 0.2) is 28.9 Å². The Balaban J connectivity index is 2.38. The Morgan fingerprint density at radius 3 is 2.77 bits per heavy atom. The van der Waals surface area contributed by atoms with Gasteiger partial charge in [-0.3, -0.25) is 14.9 Å². The molecule has 7 nitrogen and oxygen atoms in total. The fourth-order valence-corrected chi connectivity index (χ4v) is 3.02. The lowest BCUT2D eigenvalue weighted by Crippen LogP contribution is -2.54. The maximum absolute atomic E-state index is 12.3. The van der Waals surface area contributed by atoms with E-state index in [2.05, 4.69) is 20.9 Å². The summed E-state index contributed by atoms with van der Waals surface area (Å²) in [6.45, 7) is 0.0955. The molecule has 0 N–H and O–H groups in total. The molecule has 0 radical (unpaired) electrons. The predicted molar refractivity (Wildman–Crippen MR) is 80.6 cm³/mol. The molecule has 2 heterocycles. The van der Waals surface area contributed by atoms with Crippen molar-refractivity contribution in [2.45, 2.75) is 5.41 Å². The van der Waals surface area contributed by atoms with Gasteiger partial charge in [-0.15, -0.1) is 0 Å². The number of esters is 1. The van der Waals surface area contributed by atoms with E-state index >= 15 is 0 Å². The number of hydrogen-bond donors (Lipinski definition) is 0. The van der Waals surface area contributed by atoms with Crippen molar-refractivity contribution < 1.29 is 19.2 Å².